The number of hydrogen-bond acceptors (Lipinski definition) is 3. The molecule has 0 aliphatic heterocycles. The van der Waals surface area contributed by atoms with Gasteiger partial charge in [-0.25, -0.2) is 4.98 Å². The van der Waals surface area contributed by atoms with Gasteiger partial charge in [-0.3, -0.25) is 0 Å². The van der Waals surface area contributed by atoms with E-state index >= 15 is 0 Å². The number of nitrogens with zero attached hydrogens (tertiary/aromatic N) is 1. The molecule has 3 aromatic rings. The normalized spacial score (nSPS) is 10.9. The first-order chi connectivity index (χ1) is 11.2. The van der Waals surface area contributed by atoms with E-state index in [1.165, 1.54) is 21.6 Å². The molecule has 0 bridgehead atoms. The van der Waals surface area contributed by atoms with Crippen molar-refractivity contribution in [2.75, 3.05) is 6.54 Å². The summed E-state index contributed by atoms with van der Waals surface area (Å²) < 4.78 is 0. The first-order valence-corrected chi connectivity index (χ1v) is 8.88. The van der Waals surface area contributed by atoms with Crippen molar-refractivity contribution < 1.29 is 0 Å². The number of aromatic nitrogens is 1. The second-order valence-corrected chi connectivity index (χ2v) is 7.04. The fourth-order valence-electron chi connectivity index (χ4n) is 2.44. The van der Waals surface area contributed by atoms with Crippen molar-refractivity contribution in [3.63, 3.8) is 0 Å². The van der Waals surface area contributed by atoms with Crippen molar-refractivity contribution in [2.24, 2.45) is 0 Å². The molecule has 0 spiro atoms. The highest BCUT2D eigenvalue weighted by molar-refractivity contribution is 7.15. The van der Waals surface area contributed by atoms with Crippen LogP contribution in [-0.2, 0) is 13.0 Å². The lowest BCUT2D eigenvalue weighted by Crippen LogP contribution is -2.16. The molecule has 118 valence electrons. The summed E-state index contributed by atoms with van der Waals surface area (Å²) in [6.45, 7) is 3.88. The highest BCUT2D eigenvalue weighted by Crippen LogP contribution is 2.28. The van der Waals surface area contributed by atoms with Gasteiger partial charge >= 0.3 is 0 Å². The molecule has 0 saturated carbocycles. The molecule has 0 radical (unpaired) electrons. The molecule has 23 heavy (non-hydrogen) atoms. The number of benzene rings is 2. The third kappa shape index (κ3) is 4.41. The molecule has 3 rings (SSSR count). The van der Waals surface area contributed by atoms with Crippen LogP contribution in [-0.4, -0.2) is 11.5 Å². The summed E-state index contributed by atoms with van der Waals surface area (Å²) in [6, 6.07) is 16.5. The topological polar surface area (TPSA) is 24.9 Å². The van der Waals surface area contributed by atoms with Crippen LogP contribution in [0.1, 0.15) is 16.1 Å². The molecule has 0 saturated heterocycles. The summed E-state index contributed by atoms with van der Waals surface area (Å²) in [7, 11) is 0. The highest BCUT2D eigenvalue weighted by Gasteiger charge is 2.06. The van der Waals surface area contributed by atoms with E-state index in [-0.39, 0.29) is 0 Å². The van der Waals surface area contributed by atoms with Crippen LogP contribution >= 0.6 is 22.9 Å². The Morgan fingerprint density at radius 3 is 2.65 bits per heavy atom. The molecule has 1 heterocycles. The lowest BCUT2D eigenvalue weighted by atomic mass is 10.1. The molecule has 0 unspecified atom stereocenters. The third-order valence-corrected chi connectivity index (χ3v) is 5.03. The Bertz CT molecular complexity index is 765. The Morgan fingerprint density at radius 1 is 1.09 bits per heavy atom. The monoisotopic (exact) mass is 342 g/mol. The number of aryl methyl sites for hydroxylation is 1. The van der Waals surface area contributed by atoms with Crippen molar-refractivity contribution in [2.45, 2.75) is 19.9 Å². The summed E-state index contributed by atoms with van der Waals surface area (Å²) in [5.41, 5.74) is 3.86. The zero-order valence-electron chi connectivity index (χ0n) is 13.1. The number of hydrogen-bond donors (Lipinski definition) is 1. The van der Waals surface area contributed by atoms with Crippen LogP contribution in [0.4, 0.5) is 0 Å². The van der Waals surface area contributed by atoms with Gasteiger partial charge in [-0.1, -0.05) is 48.0 Å². The van der Waals surface area contributed by atoms with Crippen molar-refractivity contribution in [1.82, 2.24) is 10.3 Å². The maximum absolute atomic E-state index is 5.89. The number of rotatable bonds is 6. The standard InChI is InChI=1S/C19H19ClN2S/c1-14-4-2-3-5-17(14)18-12-22-19(23-18)13-21-11-10-15-6-8-16(20)9-7-15/h2-9,12,21H,10-11,13H2,1H3. The maximum atomic E-state index is 5.89. The van der Waals surface area contributed by atoms with E-state index in [2.05, 4.69) is 53.6 Å². The minimum atomic E-state index is 0.785. The Kier molecular flexibility index (Phi) is 5.44. The average Bonchev–Trinajstić information content (AvgIpc) is 3.02. The second kappa shape index (κ2) is 7.73. The molecule has 2 nitrogen and oxygen atoms in total. The minimum absolute atomic E-state index is 0.785. The van der Waals surface area contributed by atoms with Crippen LogP contribution in [0.3, 0.4) is 0 Å². The molecule has 0 fully saturated rings. The van der Waals surface area contributed by atoms with Crippen LogP contribution in [0.25, 0.3) is 10.4 Å². The zero-order valence-corrected chi connectivity index (χ0v) is 14.6. The Balaban J connectivity index is 1.52. The van der Waals surface area contributed by atoms with Crippen LogP contribution < -0.4 is 5.32 Å². The van der Waals surface area contributed by atoms with Crippen molar-refractivity contribution >= 4 is 22.9 Å². The quantitative estimate of drug-likeness (QED) is 0.630. The fourth-order valence-corrected chi connectivity index (χ4v) is 3.55. The van der Waals surface area contributed by atoms with Gasteiger partial charge in [-0.15, -0.1) is 11.3 Å². The van der Waals surface area contributed by atoms with Gasteiger partial charge in [0.15, 0.2) is 0 Å². The molecule has 0 aliphatic rings. The molecular weight excluding hydrogens is 324 g/mol. The molecule has 0 aliphatic carbocycles. The summed E-state index contributed by atoms with van der Waals surface area (Å²) in [6.07, 6.45) is 2.97. The van der Waals surface area contributed by atoms with Crippen LogP contribution in [0.2, 0.25) is 5.02 Å². The van der Waals surface area contributed by atoms with Gasteiger partial charge in [-0.05, 0) is 48.7 Å². The fraction of sp³-hybridized carbons (Fsp3) is 0.211. The lowest BCUT2D eigenvalue weighted by molar-refractivity contribution is 0.684. The predicted molar refractivity (Wildman–Crippen MR) is 99.1 cm³/mol. The summed E-state index contributed by atoms with van der Waals surface area (Å²) >= 11 is 7.65. The van der Waals surface area contributed by atoms with Gasteiger partial charge < -0.3 is 5.32 Å². The van der Waals surface area contributed by atoms with E-state index in [1.54, 1.807) is 11.3 Å². The Labute approximate surface area is 146 Å². The summed E-state index contributed by atoms with van der Waals surface area (Å²) in [5.74, 6) is 0. The number of thiazole rings is 1. The van der Waals surface area contributed by atoms with Gasteiger partial charge in [-0.2, -0.15) is 0 Å². The molecule has 4 heteroatoms. The molecule has 1 N–H and O–H groups in total. The van der Waals surface area contributed by atoms with Crippen LogP contribution in [0.15, 0.2) is 54.7 Å². The maximum Gasteiger partial charge on any atom is 0.107 e. The Morgan fingerprint density at radius 2 is 1.87 bits per heavy atom. The molecule has 0 atom stereocenters. The van der Waals surface area contributed by atoms with Gasteiger partial charge in [0.05, 0.1) is 4.88 Å². The smallest absolute Gasteiger partial charge is 0.107 e. The number of halogens is 1. The average molecular weight is 343 g/mol. The first kappa shape index (κ1) is 16.2. The van der Waals surface area contributed by atoms with E-state index in [0.717, 1.165) is 29.5 Å². The van der Waals surface area contributed by atoms with Gasteiger partial charge in [0, 0.05) is 17.8 Å². The van der Waals surface area contributed by atoms with Crippen LogP contribution in [0, 0.1) is 6.92 Å². The molecular formula is C19H19ClN2S. The predicted octanol–water partition coefficient (Wildman–Crippen LogP) is 5.10. The third-order valence-electron chi connectivity index (χ3n) is 3.74. The minimum Gasteiger partial charge on any atom is -0.310 e. The van der Waals surface area contributed by atoms with E-state index in [1.807, 2.05) is 18.3 Å². The van der Waals surface area contributed by atoms with E-state index in [0.29, 0.717) is 0 Å². The van der Waals surface area contributed by atoms with Gasteiger partial charge in [0.2, 0.25) is 0 Å². The van der Waals surface area contributed by atoms with Crippen LogP contribution in [0.5, 0.6) is 0 Å². The summed E-state index contributed by atoms with van der Waals surface area (Å²) in [4.78, 5) is 5.76. The second-order valence-electron chi connectivity index (χ2n) is 5.49. The van der Waals surface area contributed by atoms with E-state index in [9.17, 15) is 0 Å². The van der Waals surface area contributed by atoms with Crippen molar-refractivity contribution in [3.8, 4) is 10.4 Å². The molecule has 2 aromatic carbocycles. The van der Waals surface area contributed by atoms with Crippen molar-refractivity contribution in [3.05, 3.63) is 75.9 Å². The largest absolute Gasteiger partial charge is 0.310 e. The van der Waals surface area contributed by atoms with E-state index < -0.39 is 0 Å². The zero-order chi connectivity index (χ0) is 16.1. The Hall–Kier alpha value is -1.68. The van der Waals surface area contributed by atoms with Crippen molar-refractivity contribution in [1.29, 1.82) is 0 Å². The van der Waals surface area contributed by atoms with Gasteiger partial charge in [0.25, 0.3) is 0 Å². The SMILES string of the molecule is Cc1ccccc1-c1cnc(CNCCc2ccc(Cl)cc2)s1. The lowest BCUT2D eigenvalue weighted by Gasteiger charge is -2.03. The van der Waals surface area contributed by atoms with Gasteiger partial charge in [0.1, 0.15) is 5.01 Å². The molecule has 1 aromatic heterocycles. The number of nitrogens with one attached hydrogen (secondary N) is 1. The summed E-state index contributed by atoms with van der Waals surface area (Å²) in [5, 5.41) is 5.37. The first-order valence-electron chi connectivity index (χ1n) is 7.68. The van der Waals surface area contributed by atoms with E-state index in [4.69, 9.17) is 11.6 Å². The highest BCUT2D eigenvalue weighted by atomic mass is 35.5. The molecule has 0 amide bonds.